The molecular weight excluding hydrogens is 320 g/mol. The molecule has 0 spiro atoms. The van der Waals surface area contributed by atoms with Crippen LogP contribution in [0.2, 0.25) is 0 Å². The molecule has 1 unspecified atom stereocenters. The molecule has 0 amide bonds. The Bertz CT molecular complexity index is 179. The molecule has 0 aromatic rings. The van der Waals surface area contributed by atoms with Crippen molar-refractivity contribution in [3.8, 4) is 0 Å². The lowest BCUT2D eigenvalue weighted by molar-refractivity contribution is 0.536. The summed E-state index contributed by atoms with van der Waals surface area (Å²) in [5.74, 6) is 0. The summed E-state index contributed by atoms with van der Waals surface area (Å²) in [4.78, 5) is 0.785. The first kappa shape index (κ1) is 21.5. The van der Waals surface area contributed by atoms with Gasteiger partial charge in [-0.05, 0) is 12.8 Å². The van der Waals surface area contributed by atoms with Gasteiger partial charge in [0.25, 0.3) is 0 Å². The van der Waals surface area contributed by atoms with Gasteiger partial charge in [0, 0.05) is 4.83 Å². The zero-order valence-corrected chi connectivity index (χ0v) is 16.6. The average Bonchev–Trinajstić information content (AvgIpc) is 2.49. The van der Waals surface area contributed by atoms with E-state index in [1.54, 1.807) is 0 Å². The first-order valence-corrected chi connectivity index (χ1v) is 10.9. The maximum absolute atomic E-state index is 3.88. The summed E-state index contributed by atoms with van der Waals surface area (Å²) >= 11 is 3.88. The van der Waals surface area contributed by atoms with Gasteiger partial charge in [-0.1, -0.05) is 126 Å². The van der Waals surface area contributed by atoms with E-state index in [4.69, 9.17) is 0 Å². The van der Waals surface area contributed by atoms with Crippen molar-refractivity contribution in [2.45, 2.75) is 128 Å². The predicted octanol–water partition coefficient (Wildman–Crippen LogP) is 8.42. The lowest BCUT2D eigenvalue weighted by Gasteiger charge is -2.09. The first-order valence-electron chi connectivity index (χ1n) is 9.95. The number of halogens is 1. The van der Waals surface area contributed by atoms with Crippen LogP contribution in [0, 0.1) is 0 Å². The Kier molecular flexibility index (Phi) is 19.0. The van der Waals surface area contributed by atoms with Crippen molar-refractivity contribution in [1.29, 1.82) is 0 Å². The zero-order valence-electron chi connectivity index (χ0n) is 15.0. The molecule has 0 aromatic carbocycles. The zero-order chi connectivity index (χ0) is 15.6. The molecule has 128 valence electrons. The molecule has 1 heteroatoms. The van der Waals surface area contributed by atoms with Gasteiger partial charge in [-0.2, -0.15) is 0 Å². The Morgan fingerprint density at radius 3 is 1.10 bits per heavy atom. The molecule has 0 nitrogen and oxygen atoms in total. The maximum Gasteiger partial charge on any atom is 0.0145 e. The number of alkyl halides is 1. The monoisotopic (exact) mass is 360 g/mol. The van der Waals surface area contributed by atoms with Crippen LogP contribution in [0.1, 0.15) is 123 Å². The maximum atomic E-state index is 3.88. The van der Waals surface area contributed by atoms with Crippen LogP contribution in [0.15, 0.2) is 0 Å². The van der Waals surface area contributed by atoms with E-state index < -0.39 is 0 Å². The molecule has 21 heavy (non-hydrogen) atoms. The molecule has 0 fully saturated rings. The molecule has 0 saturated heterocycles. The van der Waals surface area contributed by atoms with Gasteiger partial charge in [0.1, 0.15) is 0 Å². The Labute approximate surface area is 144 Å². The summed E-state index contributed by atoms with van der Waals surface area (Å²) < 4.78 is 0. The molecule has 0 aliphatic rings. The molecule has 1 atom stereocenters. The fraction of sp³-hybridized carbons (Fsp3) is 1.00. The minimum Gasteiger partial charge on any atom is -0.0891 e. The van der Waals surface area contributed by atoms with Crippen LogP contribution in [0.25, 0.3) is 0 Å². The number of hydrogen-bond acceptors (Lipinski definition) is 0. The second-order valence-corrected chi connectivity index (χ2v) is 8.07. The van der Waals surface area contributed by atoms with Crippen LogP contribution in [0.5, 0.6) is 0 Å². The van der Waals surface area contributed by atoms with Gasteiger partial charge in [-0.25, -0.2) is 0 Å². The molecule has 0 rings (SSSR count). The summed E-state index contributed by atoms with van der Waals surface area (Å²) in [5, 5.41) is 0. The van der Waals surface area contributed by atoms with E-state index in [-0.39, 0.29) is 0 Å². The number of rotatable bonds is 17. The van der Waals surface area contributed by atoms with Gasteiger partial charge in [-0.3, -0.25) is 0 Å². The molecule has 0 bridgehead atoms. The highest BCUT2D eigenvalue weighted by Crippen LogP contribution is 2.19. The molecule has 0 heterocycles. The lowest BCUT2D eigenvalue weighted by Crippen LogP contribution is -1.97. The SMILES string of the molecule is CCCCCCCCCCC(Br)CCCCCCCCC. The lowest BCUT2D eigenvalue weighted by atomic mass is 10.0. The Balaban J connectivity index is 3.11. The van der Waals surface area contributed by atoms with Crippen LogP contribution in [-0.4, -0.2) is 4.83 Å². The standard InChI is InChI=1S/C20H41Br/c1-3-5-7-9-11-13-15-17-19-20(21)18-16-14-12-10-8-6-4-2/h20H,3-19H2,1-2H3. The largest absolute Gasteiger partial charge is 0.0891 e. The first-order chi connectivity index (χ1) is 10.3. The summed E-state index contributed by atoms with van der Waals surface area (Å²) in [6, 6.07) is 0. The molecule has 0 N–H and O–H groups in total. The third-order valence-corrected chi connectivity index (χ3v) is 5.41. The fourth-order valence-electron chi connectivity index (χ4n) is 2.97. The van der Waals surface area contributed by atoms with E-state index in [0.29, 0.717) is 0 Å². The minimum atomic E-state index is 0.785. The van der Waals surface area contributed by atoms with Gasteiger partial charge in [0.05, 0.1) is 0 Å². The normalized spacial score (nSPS) is 12.7. The summed E-state index contributed by atoms with van der Waals surface area (Å²) in [6.45, 7) is 4.59. The minimum absolute atomic E-state index is 0.785. The molecule has 0 aliphatic carbocycles. The van der Waals surface area contributed by atoms with Gasteiger partial charge in [0.2, 0.25) is 0 Å². The van der Waals surface area contributed by atoms with E-state index in [0.717, 1.165) is 4.83 Å². The van der Waals surface area contributed by atoms with Crippen molar-refractivity contribution >= 4 is 15.9 Å². The fourth-order valence-corrected chi connectivity index (χ4v) is 3.61. The Morgan fingerprint density at radius 1 is 0.476 bits per heavy atom. The van der Waals surface area contributed by atoms with Crippen LogP contribution in [0.3, 0.4) is 0 Å². The molecule has 0 saturated carbocycles. The number of unbranched alkanes of at least 4 members (excludes halogenated alkanes) is 13. The van der Waals surface area contributed by atoms with E-state index in [1.807, 2.05) is 0 Å². The predicted molar refractivity (Wildman–Crippen MR) is 103 cm³/mol. The number of hydrogen-bond donors (Lipinski definition) is 0. The van der Waals surface area contributed by atoms with Crippen LogP contribution >= 0.6 is 15.9 Å². The van der Waals surface area contributed by atoms with Crippen molar-refractivity contribution in [3.05, 3.63) is 0 Å². The summed E-state index contributed by atoms with van der Waals surface area (Å²) in [7, 11) is 0. The molecule has 0 radical (unpaired) electrons. The van der Waals surface area contributed by atoms with Gasteiger partial charge in [0.15, 0.2) is 0 Å². The van der Waals surface area contributed by atoms with Crippen LogP contribution in [-0.2, 0) is 0 Å². The topological polar surface area (TPSA) is 0 Å². The summed E-state index contributed by atoms with van der Waals surface area (Å²) in [5.41, 5.74) is 0. The second kappa shape index (κ2) is 18.5. The third kappa shape index (κ3) is 18.4. The van der Waals surface area contributed by atoms with E-state index >= 15 is 0 Å². The Hall–Kier alpha value is 0.480. The molecule has 0 aromatic heterocycles. The van der Waals surface area contributed by atoms with Crippen molar-refractivity contribution in [2.75, 3.05) is 0 Å². The highest BCUT2D eigenvalue weighted by atomic mass is 79.9. The van der Waals surface area contributed by atoms with E-state index in [9.17, 15) is 0 Å². The average molecular weight is 361 g/mol. The van der Waals surface area contributed by atoms with Crippen molar-refractivity contribution < 1.29 is 0 Å². The highest BCUT2D eigenvalue weighted by molar-refractivity contribution is 9.09. The third-order valence-electron chi connectivity index (χ3n) is 4.49. The van der Waals surface area contributed by atoms with Crippen molar-refractivity contribution in [2.24, 2.45) is 0 Å². The van der Waals surface area contributed by atoms with Crippen LogP contribution < -0.4 is 0 Å². The van der Waals surface area contributed by atoms with Gasteiger partial charge >= 0.3 is 0 Å². The smallest absolute Gasteiger partial charge is 0.0145 e. The van der Waals surface area contributed by atoms with Crippen molar-refractivity contribution in [3.63, 3.8) is 0 Å². The van der Waals surface area contributed by atoms with Gasteiger partial charge in [-0.15, -0.1) is 0 Å². The van der Waals surface area contributed by atoms with E-state index in [2.05, 4.69) is 29.8 Å². The highest BCUT2D eigenvalue weighted by Gasteiger charge is 2.03. The van der Waals surface area contributed by atoms with Gasteiger partial charge < -0.3 is 0 Å². The second-order valence-electron chi connectivity index (χ2n) is 6.77. The van der Waals surface area contributed by atoms with Crippen LogP contribution in [0.4, 0.5) is 0 Å². The van der Waals surface area contributed by atoms with E-state index in [1.165, 1.54) is 109 Å². The quantitative estimate of drug-likeness (QED) is 0.180. The van der Waals surface area contributed by atoms with Crippen molar-refractivity contribution in [1.82, 2.24) is 0 Å². The summed E-state index contributed by atoms with van der Waals surface area (Å²) in [6.07, 6.45) is 24.3. The Morgan fingerprint density at radius 2 is 0.762 bits per heavy atom. The molecular formula is C20H41Br. The molecule has 0 aliphatic heterocycles.